The molecule has 24 heavy (non-hydrogen) atoms. The summed E-state index contributed by atoms with van der Waals surface area (Å²) in [7, 11) is -3.32. The summed E-state index contributed by atoms with van der Waals surface area (Å²) in [6, 6.07) is 7.78. The van der Waals surface area contributed by atoms with Crippen molar-refractivity contribution in [2.24, 2.45) is 5.92 Å². The first-order valence-corrected chi connectivity index (χ1v) is 10.7. The Hall–Kier alpha value is -1.56. The van der Waals surface area contributed by atoms with Crippen LogP contribution in [0.4, 0.5) is 5.69 Å². The number of nitrogens with zero attached hydrogens (tertiary/aromatic N) is 1. The van der Waals surface area contributed by atoms with Gasteiger partial charge in [-0.25, -0.2) is 8.42 Å². The van der Waals surface area contributed by atoms with E-state index in [9.17, 15) is 13.2 Å². The number of rotatable bonds is 5. The van der Waals surface area contributed by atoms with Crippen LogP contribution >= 0.6 is 0 Å². The van der Waals surface area contributed by atoms with Gasteiger partial charge in [-0.3, -0.25) is 9.52 Å². The zero-order chi connectivity index (χ0) is 17.2. The molecule has 1 unspecified atom stereocenters. The first kappa shape index (κ1) is 17.3. The average Bonchev–Trinajstić information content (AvgIpc) is 2.90. The van der Waals surface area contributed by atoms with Crippen LogP contribution in [0.3, 0.4) is 0 Å². The Kier molecular flexibility index (Phi) is 5.13. The van der Waals surface area contributed by atoms with E-state index in [1.807, 2.05) is 18.2 Å². The highest BCUT2D eigenvalue weighted by Gasteiger charge is 2.36. The van der Waals surface area contributed by atoms with Gasteiger partial charge in [0.05, 0.1) is 11.9 Å². The second-order valence-corrected chi connectivity index (χ2v) is 8.79. The molecule has 1 aromatic carbocycles. The fourth-order valence-corrected chi connectivity index (χ4v) is 4.57. The molecule has 6 heteroatoms. The molecule has 1 aliphatic carbocycles. The van der Waals surface area contributed by atoms with Crippen LogP contribution in [0.2, 0.25) is 0 Å². The number of amides is 1. The summed E-state index contributed by atoms with van der Waals surface area (Å²) < 4.78 is 25.6. The molecule has 1 amide bonds. The highest BCUT2D eigenvalue weighted by atomic mass is 32.2. The van der Waals surface area contributed by atoms with E-state index in [-0.39, 0.29) is 11.8 Å². The standard InChI is InChI=1S/C18H26N2O3S/c1-24(22,23)19-17-10-6-5-7-14(17)13-15-11-12-20(18(15)21)16-8-3-2-4-9-16/h5-7,10,15-16,19H,2-4,8-9,11-13H2,1H3. The Balaban J connectivity index is 1.70. The molecule has 1 N–H and O–H groups in total. The van der Waals surface area contributed by atoms with Crippen molar-refractivity contribution in [1.29, 1.82) is 0 Å². The Morgan fingerprint density at radius 2 is 1.83 bits per heavy atom. The van der Waals surface area contributed by atoms with Gasteiger partial charge in [-0.15, -0.1) is 0 Å². The molecule has 1 saturated carbocycles. The summed E-state index contributed by atoms with van der Waals surface area (Å²) in [6.45, 7) is 0.843. The number of anilines is 1. The average molecular weight is 350 g/mol. The summed E-state index contributed by atoms with van der Waals surface area (Å²) in [5.74, 6) is 0.213. The van der Waals surface area contributed by atoms with Crippen LogP contribution < -0.4 is 4.72 Å². The first-order valence-electron chi connectivity index (χ1n) is 8.80. The fraction of sp³-hybridized carbons (Fsp3) is 0.611. The van der Waals surface area contributed by atoms with Crippen molar-refractivity contribution in [3.05, 3.63) is 29.8 Å². The zero-order valence-corrected chi connectivity index (χ0v) is 15.0. The Morgan fingerprint density at radius 3 is 2.54 bits per heavy atom. The molecule has 1 saturated heterocycles. The Morgan fingerprint density at radius 1 is 1.12 bits per heavy atom. The van der Waals surface area contributed by atoms with E-state index < -0.39 is 10.0 Å². The van der Waals surface area contributed by atoms with Crippen molar-refractivity contribution < 1.29 is 13.2 Å². The largest absolute Gasteiger partial charge is 0.339 e. The fourth-order valence-electron chi connectivity index (χ4n) is 3.97. The quantitative estimate of drug-likeness (QED) is 0.888. The maximum absolute atomic E-state index is 12.8. The molecule has 0 radical (unpaired) electrons. The minimum atomic E-state index is -3.32. The second kappa shape index (κ2) is 7.13. The molecule has 3 rings (SSSR count). The summed E-state index contributed by atoms with van der Waals surface area (Å²) in [5, 5.41) is 0. The molecular weight excluding hydrogens is 324 g/mol. The lowest BCUT2D eigenvalue weighted by Crippen LogP contribution is -2.39. The van der Waals surface area contributed by atoms with E-state index in [4.69, 9.17) is 0 Å². The van der Waals surface area contributed by atoms with Crippen molar-refractivity contribution >= 4 is 21.6 Å². The van der Waals surface area contributed by atoms with E-state index in [2.05, 4.69) is 9.62 Å². The summed E-state index contributed by atoms with van der Waals surface area (Å²) in [6.07, 6.45) is 8.60. The highest BCUT2D eigenvalue weighted by Crippen LogP contribution is 2.31. The third-order valence-corrected chi connectivity index (χ3v) is 5.74. The molecule has 132 valence electrons. The number of hydrogen-bond donors (Lipinski definition) is 1. The lowest BCUT2D eigenvalue weighted by Gasteiger charge is -2.31. The topological polar surface area (TPSA) is 66.5 Å². The number of para-hydroxylation sites is 1. The molecule has 0 bridgehead atoms. The predicted molar refractivity (Wildman–Crippen MR) is 95.3 cm³/mol. The Labute approximate surface area is 144 Å². The number of carbonyl (C=O) groups excluding carboxylic acids is 1. The number of hydrogen-bond acceptors (Lipinski definition) is 3. The molecule has 2 aliphatic rings. The molecule has 1 atom stereocenters. The second-order valence-electron chi connectivity index (χ2n) is 7.04. The maximum atomic E-state index is 12.8. The van der Waals surface area contributed by atoms with Gasteiger partial charge >= 0.3 is 0 Å². The van der Waals surface area contributed by atoms with E-state index in [0.29, 0.717) is 18.2 Å². The third kappa shape index (κ3) is 4.09. The van der Waals surface area contributed by atoms with Crippen LogP contribution in [0.25, 0.3) is 0 Å². The molecule has 1 heterocycles. The first-order chi connectivity index (χ1) is 11.4. The van der Waals surface area contributed by atoms with E-state index in [1.54, 1.807) is 6.07 Å². The van der Waals surface area contributed by atoms with Gasteiger partial charge in [0.15, 0.2) is 0 Å². The molecular formula is C18H26N2O3S. The molecule has 0 spiro atoms. The summed E-state index contributed by atoms with van der Waals surface area (Å²) in [4.78, 5) is 14.9. The van der Waals surface area contributed by atoms with Crippen LogP contribution in [-0.4, -0.2) is 38.1 Å². The van der Waals surface area contributed by atoms with Gasteiger partial charge in [-0.1, -0.05) is 37.5 Å². The number of likely N-dealkylation sites (tertiary alicyclic amines) is 1. The van der Waals surface area contributed by atoms with Crippen LogP contribution in [-0.2, 0) is 21.2 Å². The van der Waals surface area contributed by atoms with Crippen LogP contribution in [0, 0.1) is 5.92 Å². The van der Waals surface area contributed by atoms with Crippen LogP contribution in [0.5, 0.6) is 0 Å². The highest BCUT2D eigenvalue weighted by molar-refractivity contribution is 7.92. The number of carbonyl (C=O) groups is 1. The summed E-state index contributed by atoms with van der Waals surface area (Å²) in [5.41, 5.74) is 1.48. The lowest BCUT2D eigenvalue weighted by atomic mass is 9.94. The van der Waals surface area contributed by atoms with Gasteiger partial charge < -0.3 is 4.90 Å². The van der Waals surface area contributed by atoms with Crippen molar-refractivity contribution in [3.63, 3.8) is 0 Å². The van der Waals surface area contributed by atoms with Gasteiger partial charge in [0, 0.05) is 18.5 Å². The van der Waals surface area contributed by atoms with E-state index in [0.717, 1.165) is 37.6 Å². The third-order valence-electron chi connectivity index (χ3n) is 5.15. The molecule has 2 fully saturated rings. The van der Waals surface area contributed by atoms with Gasteiger partial charge in [-0.05, 0) is 37.3 Å². The molecule has 1 aromatic rings. The SMILES string of the molecule is CS(=O)(=O)Nc1ccccc1CC1CCN(C2CCCCC2)C1=O. The zero-order valence-electron chi connectivity index (χ0n) is 14.2. The molecule has 1 aliphatic heterocycles. The van der Waals surface area contributed by atoms with Gasteiger partial charge in [0.25, 0.3) is 0 Å². The van der Waals surface area contributed by atoms with E-state index >= 15 is 0 Å². The normalized spacial score (nSPS) is 22.8. The van der Waals surface area contributed by atoms with Crippen molar-refractivity contribution in [3.8, 4) is 0 Å². The number of benzene rings is 1. The lowest BCUT2D eigenvalue weighted by molar-refractivity contribution is -0.133. The van der Waals surface area contributed by atoms with Crippen molar-refractivity contribution in [1.82, 2.24) is 4.90 Å². The molecule has 0 aromatic heterocycles. The monoisotopic (exact) mass is 350 g/mol. The van der Waals surface area contributed by atoms with E-state index in [1.165, 1.54) is 19.3 Å². The predicted octanol–water partition coefficient (Wildman–Crippen LogP) is 2.78. The minimum absolute atomic E-state index is 0.0329. The Bertz CT molecular complexity index is 696. The van der Waals surface area contributed by atoms with Crippen LogP contribution in [0.1, 0.15) is 44.1 Å². The van der Waals surface area contributed by atoms with Gasteiger partial charge in [0.1, 0.15) is 0 Å². The minimum Gasteiger partial charge on any atom is -0.339 e. The van der Waals surface area contributed by atoms with Crippen molar-refractivity contribution in [2.75, 3.05) is 17.5 Å². The van der Waals surface area contributed by atoms with Gasteiger partial charge in [0.2, 0.25) is 15.9 Å². The van der Waals surface area contributed by atoms with Gasteiger partial charge in [-0.2, -0.15) is 0 Å². The summed E-state index contributed by atoms with van der Waals surface area (Å²) >= 11 is 0. The number of sulfonamides is 1. The van der Waals surface area contributed by atoms with Crippen LogP contribution in [0.15, 0.2) is 24.3 Å². The van der Waals surface area contributed by atoms with Crippen molar-refractivity contribution in [2.45, 2.75) is 51.0 Å². The smallest absolute Gasteiger partial charge is 0.229 e. The molecule has 5 nitrogen and oxygen atoms in total. The number of nitrogens with one attached hydrogen (secondary N) is 1. The maximum Gasteiger partial charge on any atom is 0.229 e.